The van der Waals surface area contributed by atoms with E-state index in [1.54, 1.807) is 0 Å². The SMILES string of the molecule is Cc1cccc(-c2n[nH]c(=S)n2CCC(=O)N2CCN(CC(=O)Nc3ccc(F)cc3)CC2)c1. The molecule has 2 N–H and O–H groups in total. The Morgan fingerprint density at radius 3 is 2.56 bits per heavy atom. The fourth-order valence-corrected chi connectivity index (χ4v) is 4.21. The molecule has 1 aromatic heterocycles. The molecular weight excluding hydrogens is 455 g/mol. The van der Waals surface area contributed by atoms with Crippen molar-refractivity contribution in [1.29, 1.82) is 0 Å². The summed E-state index contributed by atoms with van der Waals surface area (Å²) in [5, 5.41) is 9.94. The third-order valence-electron chi connectivity index (χ3n) is 5.80. The Morgan fingerprint density at radius 2 is 1.85 bits per heavy atom. The highest BCUT2D eigenvalue weighted by Gasteiger charge is 2.23. The van der Waals surface area contributed by atoms with Gasteiger partial charge in [0.2, 0.25) is 11.8 Å². The van der Waals surface area contributed by atoms with Gasteiger partial charge in [-0.15, -0.1) is 0 Å². The molecule has 3 aromatic rings. The van der Waals surface area contributed by atoms with Gasteiger partial charge in [-0.2, -0.15) is 5.10 Å². The average Bonchev–Trinajstić information content (AvgIpc) is 3.19. The van der Waals surface area contributed by atoms with Crippen molar-refractivity contribution in [1.82, 2.24) is 24.6 Å². The summed E-state index contributed by atoms with van der Waals surface area (Å²) in [4.78, 5) is 28.9. The molecule has 8 nitrogen and oxygen atoms in total. The van der Waals surface area contributed by atoms with E-state index in [4.69, 9.17) is 12.2 Å². The first-order chi connectivity index (χ1) is 16.4. The van der Waals surface area contributed by atoms with Gasteiger partial charge in [-0.3, -0.25) is 24.2 Å². The second-order valence-electron chi connectivity index (χ2n) is 8.34. The summed E-state index contributed by atoms with van der Waals surface area (Å²) in [5.74, 6) is 0.261. The largest absolute Gasteiger partial charge is 0.340 e. The van der Waals surface area contributed by atoms with E-state index in [9.17, 15) is 14.0 Å². The molecule has 0 spiro atoms. The number of hydrogen-bond acceptors (Lipinski definition) is 5. The Kier molecular flexibility index (Phi) is 7.49. The molecule has 10 heteroatoms. The van der Waals surface area contributed by atoms with Crippen molar-refractivity contribution in [3.05, 3.63) is 64.7 Å². The molecule has 0 bridgehead atoms. The number of carbonyl (C=O) groups is 2. The molecule has 2 aromatic carbocycles. The molecule has 2 heterocycles. The van der Waals surface area contributed by atoms with Gasteiger partial charge in [0.05, 0.1) is 6.54 Å². The number of carbonyl (C=O) groups excluding carboxylic acids is 2. The number of halogens is 1. The van der Waals surface area contributed by atoms with Crippen LogP contribution in [-0.4, -0.2) is 69.1 Å². The molecule has 0 aliphatic carbocycles. The van der Waals surface area contributed by atoms with Crippen LogP contribution in [0.2, 0.25) is 0 Å². The van der Waals surface area contributed by atoms with Crippen LogP contribution < -0.4 is 5.32 Å². The number of benzene rings is 2. The normalized spacial score (nSPS) is 14.2. The first-order valence-corrected chi connectivity index (χ1v) is 11.6. The summed E-state index contributed by atoms with van der Waals surface area (Å²) in [7, 11) is 0. The smallest absolute Gasteiger partial charge is 0.238 e. The molecule has 1 aliphatic heterocycles. The van der Waals surface area contributed by atoms with Crippen LogP contribution in [0.15, 0.2) is 48.5 Å². The molecule has 1 saturated heterocycles. The van der Waals surface area contributed by atoms with Gasteiger partial charge in [0.25, 0.3) is 0 Å². The molecule has 0 radical (unpaired) electrons. The molecule has 1 fully saturated rings. The molecule has 34 heavy (non-hydrogen) atoms. The summed E-state index contributed by atoms with van der Waals surface area (Å²) in [6.07, 6.45) is 0.317. The lowest BCUT2D eigenvalue weighted by Gasteiger charge is -2.34. The number of amides is 2. The van der Waals surface area contributed by atoms with Gasteiger partial charge >= 0.3 is 0 Å². The van der Waals surface area contributed by atoms with Crippen LogP contribution in [-0.2, 0) is 16.1 Å². The number of nitrogens with one attached hydrogen (secondary N) is 2. The molecule has 0 unspecified atom stereocenters. The Hall–Kier alpha value is -3.37. The zero-order valence-corrected chi connectivity index (χ0v) is 19.8. The zero-order chi connectivity index (χ0) is 24.1. The third-order valence-corrected chi connectivity index (χ3v) is 6.12. The monoisotopic (exact) mass is 482 g/mol. The maximum Gasteiger partial charge on any atom is 0.238 e. The predicted octanol–water partition coefficient (Wildman–Crippen LogP) is 3.23. The highest BCUT2D eigenvalue weighted by atomic mass is 32.1. The van der Waals surface area contributed by atoms with Gasteiger partial charge < -0.3 is 10.2 Å². The minimum absolute atomic E-state index is 0.0497. The quantitative estimate of drug-likeness (QED) is 0.505. The van der Waals surface area contributed by atoms with Crippen molar-refractivity contribution < 1.29 is 14.0 Å². The topological polar surface area (TPSA) is 86.3 Å². The van der Waals surface area contributed by atoms with E-state index >= 15 is 0 Å². The van der Waals surface area contributed by atoms with E-state index in [1.165, 1.54) is 24.3 Å². The Morgan fingerprint density at radius 1 is 1.12 bits per heavy atom. The number of hydrogen-bond donors (Lipinski definition) is 2. The summed E-state index contributed by atoms with van der Waals surface area (Å²) in [6.45, 7) is 5.03. The lowest BCUT2D eigenvalue weighted by molar-refractivity contribution is -0.133. The number of aromatic amines is 1. The van der Waals surface area contributed by atoms with Gasteiger partial charge in [0, 0.05) is 50.4 Å². The van der Waals surface area contributed by atoms with E-state index in [2.05, 4.69) is 15.5 Å². The molecular formula is C24H27FN6O2S. The molecule has 178 valence electrons. The summed E-state index contributed by atoms with van der Waals surface area (Å²) < 4.78 is 15.3. The maximum atomic E-state index is 13.0. The third kappa shape index (κ3) is 5.95. The second-order valence-corrected chi connectivity index (χ2v) is 8.72. The average molecular weight is 483 g/mol. The first kappa shape index (κ1) is 23.8. The summed E-state index contributed by atoms with van der Waals surface area (Å²) in [5.41, 5.74) is 2.63. The van der Waals surface area contributed by atoms with Crippen molar-refractivity contribution in [3.8, 4) is 11.4 Å². The van der Waals surface area contributed by atoms with Crippen molar-refractivity contribution in [2.45, 2.75) is 19.9 Å². The molecule has 2 amide bonds. The van der Waals surface area contributed by atoms with Crippen molar-refractivity contribution in [2.75, 3.05) is 38.0 Å². The van der Waals surface area contributed by atoms with Crippen molar-refractivity contribution in [2.24, 2.45) is 0 Å². The van der Waals surface area contributed by atoms with Crippen LogP contribution in [0.5, 0.6) is 0 Å². The van der Waals surface area contributed by atoms with E-state index in [-0.39, 0.29) is 24.2 Å². The Bertz CT molecular complexity index is 1210. The number of H-pyrrole nitrogens is 1. The fourth-order valence-electron chi connectivity index (χ4n) is 3.99. The number of rotatable bonds is 7. The number of anilines is 1. The van der Waals surface area contributed by atoms with E-state index in [0.717, 1.165) is 17.0 Å². The number of aryl methyl sites for hydroxylation is 1. The number of piperazine rings is 1. The lowest BCUT2D eigenvalue weighted by atomic mass is 10.1. The zero-order valence-electron chi connectivity index (χ0n) is 19.0. The van der Waals surface area contributed by atoms with Crippen LogP contribution in [0.4, 0.5) is 10.1 Å². The molecule has 0 atom stereocenters. The Labute approximate surface area is 202 Å². The van der Waals surface area contributed by atoms with Crippen LogP contribution in [0.3, 0.4) is 0 Å². The van der Waals surface area contributed by atoms with Crippen LogP contribution in [0.1, 0.15) is 12.0 Å². The lowest BCUT2D eigenvalue weighted by Crippen LogP contribution is -2.50. The highest BCUT2D eigenvalue weighted by Crippen LogP contribution is 2.19. The predicted molar refractivity (Wildman–Crippen MR) is 130 cm³/mol. The first-order valence-electron chi connectivity index (χ1n) is 11.2. The van der Waals surface area contributed by atoms with Gasteiger partial charge in [-0.25, -0.2) is 4.39 Å². The molecule has 0 saturated carbocycles. The molecule has 1 aliphatic rings. The minimum atomic E-state index is -0.347. The van der Waals surface area contributed by atoms with Crippen molar-refractivity contribution in [3.63, 3.8) is 0 Å². The molecule has 4 rings (SSSR count). The highest BCUT2D eigenvalue weighted by molar-refractivity contribution is 7.71. The fraction of sp³-hybridized carbons (Fsp3) is 0.333. The van der Waals surface area contributed by atoms with Gasteiger partial charge in [0.15, 0.2) is 10.6 Å². The van der Waals surface area contributed by atoms with Crippen LogP contribution in [0, 0.1) is 17.5 Å². The van der Waals surface area contributed by atoms with Crippen molar-refractivity contribution >= 4 is 29.7 Å². The van der Waals surface area contributed by atoms with Crippen LogP contribution in [0.25, 0.3) is 11.4 Å². The van der Waals surface area contributed by atoms with E-state index in [1.807, 2.05) is 45.6 Å². The van der Waals surface area contributed by atoms with Gasteiger partial charge in [-0.1, -0.05) is 23.8 Å². The van der Waals surface area contributed by atoms with Crippen LogP contribution >= 0.6 is 12.2 Å². The van der Waals surface area contributed by atoms with Gasteiger partial charge in [-0.05, 0) is 49.5 Å². The number of aromatic nitrogens is 3. The van der Waals surface area contributed by atoms with E-state index in [0.29, 0.717) is 49.6 Å². The standard InChI is InChI=1S/C24H27FN6O2S/c1-17-3-2-4-18(15-17)23-27-28-24(34)31(23)10-9-22(33)30-13-11-29(12-14-30)16-21(32)26-20-7-5-19(25)6-8-20/h2-8,15H,9-14,16H2,1H3,(H,26,32)(H,28,34). The second kappa shape index (κ2) is 10.7. The summed E-state index contributed by atoms with van der Waals surface area (Å²) in [6, 6.07) is 13.7. The maximum absolute atomic E-state index is 13.0. The minimum Gasteiger partial charge on any atom is -0.340 e. The number of nitrogens with zero attached hydrogens (tertiary/aromatic N) is 4. The Balaban J connectivity index is 1.26. The van der Waals surface area contributed by atoms with Gasteiger partial charge in [0.1, 0.15) is 5.82 Å². The summed E-state index contributed by atoms with van der Waals surface area (Å²) >= 11 is 5.38. The van der Waals surface area contributed by atoms with E-state index < -0.39 is 0 Å².